The largest absolute Gasteiger partial charge is 0.378 e. The topological polar surface area (TPSA) is 81.2 Å². The molecule has 3 aromatic rings. The van der Waals surface area contributed by atoms with E-state index in [0.29, 0.717) is 5.95 Å². The number of hydrogen-bond donors (Lipinski definition) is 2. The van der Waals surface area contributed by atoms with Crippen LogP contribution < -0.4 is 16.0 Å². The van der Waals surface area contributed by atoms with E-state index in [1.54, 1.807) is 12.1 Å². The second-order valence-corrected chi connectivity index (χ2v) is 7.32. The Morgan fingerprint density at radius 2 is 1.85 bits per heavy atom. The molecule has 3 N–H and O–H groups in total. The Kier molecular flexibility index (Phi) is 5.12. The van der Waals surface area contributed by atoms with Crippen molar-refractivity contribution < 1.29 is 9.13 Å². The van der Waals surface area contributed by atoms with Crippen LogP contribution in [0.15, 0.2) is 42.5 Å². The summed E-state index contributed by atoms with van der Waals surface area (Å²) in [5, 5.41) is 7.38. The Balaban J connectivity index is 1.51. The van der Waals surface area contributed by atoms with Crippen molar-refractivity contribution in [2.45, 2.75) is 0 Å². The Morgan fingerprint density at radius 1 is 1.11 bits per heavy atom. The van der Waals surface area contributed by atoms with E-state index < -0.39 is 5.82 Å². The zero-order valence-corrected chi connectivity index (χ0v) is 16.6. The van der Waals surface area contributed by atoms with Gasteiger partial charge < -0.3 is 20.7 Å². The zero-order chi connectivity index (χ0) is 18.8. The van der Waals surface area contributed by atoms with Crippen molar-refractivity contribution in [2.75, 3.05) is 42.3 Å². The maximum absolute atomic E-state index is 14.2. The minimum Gasteiger partial charge on any atom is -0.378 e. The molecular formula is C18H18FIN6O. The quantitative estimate of drug-likeness (QED) is 0.559. The lowest BCUT2D eigenvalue weighted by Gasteiger charge is -2.28. The summed E-state index contributed by atoms with van der Waals surface area (Å²) in [4.78, 5) is 6.46. The van der Waals surface area contributed by atoms with E-state index in [-0.39, 0.29) is 11.6 Å². The number of morpholine rings is 1. The number of anilines is 4. The highest BCUT2D eigenvalue weighted by molar-refractivity contribution is 14.1. The molecule has 0 bridgehead atoms. The first-order valence-electron chi connectivity index (χ1n) is 8.48. The molecule has 1 saturated heterocycles. The van der Waals surface area contributed by atoms with Gasteiger partial charge in [0.25, 0.3) is 0 Å². The van der Waals surface area contributed by atoms with Gasteiger partial charge in [-0.25, -0.2) is 4.39 Å². The number of nitrogens with one attached hydrogen (secondary N) is 1. The summed E-state index contributed by atoms with van der Waals surface area (Å²) >= 11 is 2.05. The standard InChI is InChI=1S/C18H18FIN6O/c19-15-11-12(20)1-6-16(15)26-17(21)23-18(24-26)22-13-2-4-14(5-3-13)25-7-9-27-10-8-25/h1-6,11H,7-10H2,(H3,21,22,23,24). The van der Waals surface area contributed by atoms with Crippen LogP contribution in [0.3, 0.4) is 0 Å². The monoisotopic (exact) mass is 480 g/mol. The third-order valence-corrected chi connectivity index (χ3v) is 4.94. The number of benzene rings is 2. The predicted octanol–water partition coefficient (Wildman–Crippen LogP) is 3.17. The summed E-state index contributed by atoms with van der Waals surface area (Å²) in [6.07, 6.45) is 0. The summed E-state index contributed by atoms with van der Waals surface area (Å²) in [5.41, 5.74) is 8.15. The summed E-state index contributed by atoms with van der Waals surface area (Å²) in [5.74, 6) is 0.0204. The van der Waals surface area contributed by atoms with Gasteiger partial charge in [-0.2, -0.15) is 9.67 Å². The Hall–Kier alpha value is -2.40. The van der Waals surface area contributed by atoms with Crippen LogP contribution in [0.4, 0.5) is 27.7 Å². The summed E-state index contributed by atoms with van der Waals surface area (Å²) in [6, 6.07) is 12.8. The predicted molar refractivity (Wildman–Crippen MR) is 111 cm³/mol. The van der Waals surface area contributed by atoms with E-state index in [1.807, 2.05) is 46.9 Å². The average molecular weight is 480 g/mol. The molecule has 7 nitrogen and oxygen atoms in total. The molecule has 0 spiro atoms. The van der Waals surface area contributed by atoms with E-state index in [4.69, 9.17) is 10.5 Å². The highest BCUT2D eigenvalue weighted by Crippen LogP contribution is 2.23. The van der Waals surface area contributed by atoms with Crippen LogP contribution in [0.1, 0.15) is 0 Å². The third-order valence-electron chi connectivity index (χ3n) is 4.27. The fourth-order valence-corrected chi connectivity index (χ4v) is 3.37. The summed E-state index contributed by atoms with van der Waals surface area (Å²) < 4.78 is 21.7. The van der Waals surface area contributed by atoms with Crippen LogP contribution in [-0.4, -0.2) is 41.1 Å². The number of hydrogen-bond acceptors (Lipinski definition) is 6. The lowest BCUT2D eigenvalue weighted by Crippen LogP contribution is -2.36. The molecule has 140 valence electrons. The molecule has 0 radical (unpaired) electrons. The highest BCUT2D eigenvalue weighted by Gasteiger charge is 2.14. The SMILES string of the molecule is Nc1nc(Nc2ccc(N3CCOCC3)cc2)nn1-c1ccc(I)cc1F. The molecule has 2 aromatic carbocycles. The van der Waals surface area contributed by atoms with Gasteiger partial charge in [-0.3, -0.25) is 0 Å². The smallest absolute Gasteiger partial charge is 0.248 e. The minimum absolute atomic E-state index is 0.113. The van der Waals surface area contributed by atoms with E-state index in [0.717, 1.165) is 41.2 Å². The van der Waals surface area contributed by atoms with Gasteiger partial charge in [0.2, 0.25) is 11.9 Å². The Bertz CT molecular complexity index is 940. The first-order valence-corrected chi connectivity index (χ1v) is 9.56. The maximum Gasteiger partial charge on any atom is 0.248 e. The third kappa shape index (κ3) is 3.98. The fourth-order valence-electron chi connectivity index (χ4n) is 2.91. The van der Waals surface area contributed by atoms with Crippen molar-refractivity contribution in [3.8, 4) is 5.69 Å². The van der Waals surface area contributed by atoms with Crippen LogP contribution in [0, 0.1) is 9.39 Å². The van der Waals surface area contributed by atoms with Crippen LogP contribution in [0.2, 0.25) is 0 Å². The van der Waals surface area contributed by atoms with Crippen LogP contribution in [0.25, 0.3) is 5.69 Å². The number of nitrogen functional groups attached to an aromatic ring is 1. The van der Waals surface area contributed by atoms with Gasteiger partial charge in [-0.05, 0) is 65.1 Å². The zero-order valence-electron chi connectivity index (χ0n) is 14.4. The molecule has 0 unspecified atom stereocenters. The second kappa shape index (κ2) is 7.69. The molecule has 0 amide bonds. The van der Waals surface area contributed by atoms with Crippen molar-refractivity contribution in [2.24, 2.45) is 0 Å². The molecule has 1 aliphatic rings. The molecular weight excluding hydrogens is 462 g/mol. The average Bonchev–Trinajstić information content (AvgIpc) is 3.03. The van der Waals surface area contributed by atoms with E-state index in [9.17, 15) is 4.39 Å². The molecule has 2 heterocycles. The Morgan fingerprint density at radius 3 is 2.56 bits per heavy atom. The lowest BCUT2D eigenvalue weighted by atomic mass is 10.2. The molecule has 0 atom stereocenters. The van der Waals surface area contributed by atoms with Gasteiger partial charge in [0.15, 0.2) is 0 Å². The number of halogens is 2. The van der Waals surface area contributed by atoms with Crippen molar-refractivity contribution in [3.63, 3.8) is 0 Å². The van der Waals surface area contributed by atoms with Crippen molar-refractivity contribution in [1.82, 2.24) is 14.8 Å². The number of aromatic nitrogens is 3. The molecule has 27 heavy (non-hydrogen) atoms. The molecule has 0 saturated carbocycles. The number of rotatable bonds is 4. The van der Waals surface area contributed by atoms with Crippen molar-refractivity contribution in [3.05, 3.63) is 51.9 Å². The summed E-state index contributed by atoms with van der Waals surface area (Å²) in [7, 11) is 0. The highest BCUT2D eigenvalue weighted by atomic mass is 127. The molecule has 1 fully saturated rings. The van der Waals surface area contributed by atoms with Crippen LogP contribution >= 0.6 is 22.6 Å². The fraction of sp³-hybridized carbons (Fsp3) is 0.222. The Labute approximate surface area is 169 Å². The van der Waals surface area contributed by atoms with Crippen molar-refractivity contribution >= 4 is 45.9 Å². The second-order valence-electron chi connectivity index (χ2n) is 6.07. The lowest BCUT2D eigenvalue weighted by molar-refractivity contribution is 0.122. The van der Waals surface area contributed by atoms with Gasteiger partial charge in [-0.1, -0.05) is 0 Å². The van der Waals surface area contributed by atoms with Gasteiger partial charge >= 0.3 is 0 Å². The first kappa shape index (κ1) is 18.0. The van der Waals surface area contributed by atoms with Crippen LogP contribution in [0.5, 0.6) is 0 Å². The van der Waals surface area contributed by atoms with E-state index in [1.165, 1.54) is 10.7 Å². The molecule has 0 aliphatic carbocycles. The van der Waals surface area contributed by atoms with Gasteiger partial charge in [0.1, 0.15) is 11.5 Å². The molecule has 1 aliphatic heterocycles. The maximum atomic E-state index is 14.2. The summed E-state index contributed by atoms with van der Waals surface area (Å²) in [6.45, 7) is 3.26. The van der Waals surface area contributed by atoms with Gasteiger partial charge in [0.05, 0.1) is 13.2 Å². The molecule has 4 rings (SSSR count). The van der Waals surface area contributed by atoms with Crippen LogP contribution in [-0.2, 0) is 4.74 Å². The number of ether oxygens (including phenoxy) is 1. The van der Waals surface area contributed by atoms with Gasteiger partial charge in [-0.15, -0.1) is 5.10 Å². The number of nitrogens with two attached hydrogens (primary N) is 1. The number of nitrogens with zero attached hydrogens (tertiary/aromatic N) is 4. The normalized spacial score (nSPS) is 14.4. The van der Waals surface area contributed by atoms with E-state index in [2.05, 4.69) is 20.3 Å². The van der Waals surface area contributed by atoms with Gasteiger partial charge in [0, 0.05) is 28.0 Å². The molecule has 1 aromatic heterocycles. The molecule has 9 heteroatoms. The minimum atomic E-state index is -0.403. The van der Waals surface area contributed by atoms with E-state index >= 15 is 0 Å². The van der Waals surface area contributed by atoms with Crippen molar-refractivity contribution in [1.29, 1.82) is 0 Å². The first-order chi connectivity index (χ1) is 13.1.